The summed E-state index contributed by atoms with van der Waals surface area (Å²) in [6, 6.07) is 0. The molecule has 0 saturated heterocycles. The number of rotatable bonds is 88. The summed E-state index contributed by atoms with van der Waals surface area (Å²) >= 11 is 0. The molecule has 2 unspecified atom stereocenters. The number of carbonyl (C=O) groups excluding carboxylic acids is 4. The van der Waals surface area contributed by atoms with E-state index in [-0.39, 0.29) is 25.7 Å². The lowest BCUT2D eigenvalue weighted by Crippen LogP contribution is -2.30. The minimum absolute atomic E-state index is 0.108. The lowest BCUT2D eigenvalue weighted by molar-refractivity contribution is -0.161. The lowest BCUT2D eigenvalue weighted by atomic mass is 10.0. The zero-order valence-corrected chi connectivity index (χ0v) is 73.0. The van der Waals surface area contributed by atoms with Crippen LogP contribution in [0.4, 0.5) is 0 Å². The van der Waals surface area contributed by atoms with E-state index >= 15 is 0 Å². The fraction of sp³-hybridized carbons (Fsp3) is 0.955. The van der Waals surface area contributed by atoms with E-state index in [2.05, 4.69) is 41.5 Å². The van der Waals surface area contributed by atoms with Gasteiger partial charge in [0.25, 0.3) is 0 Å². The fourth-order valence-corrected chi connectivity index (χ4v) is 15.5. The Bertz CT molecular complexity index is 2060. The van der Waals surface area contributed by atoms with Crippen molar-refractivity contribution in [3.8, 4) is 0 Å². The normalized spacial score (nSPS) is 13.8. The van der Waals surface area contributed by atoms with E-state index in [0.717, 1.165) is 102 Å². The van der Waals surface area contributed by atoms with Crippen LogP contribution >= 0.6 is 15.6 Å². The maximum absolute atomic E-state index is 13.2. The van der Waals surface area contributed by atoms with Gasteiger partial charge in [-0.25, -0.2) is 9.13 Å². The summed E-state index contributed by atoms with van der Waals surface area (Å²) in [5, 5.41) is 10.7. The predicted octanol–water partition coefficient (Wildman–Crippen LogP) is 27.4. The van der Waals surface area contributed by atoms with Crippen LogP contribution in [0.25, 0.3) is 0 Å². The van der Waals surface area contributed by atoms with Crippen LogP contribution in [0.2, 0.25) is 0 Å². The summed E-state index contributed by atoms with van der Waals surface area (Å²) < 4.78 is 69.0. The average molecular weight is 1580 g/mol. The monoisotopic (exact) mass is 1580 g/mol. The molecule has 3 N–H and O–H groups in total. The van der Waals surface area contributed by atoms with Gasteiger partial charge in [-0.15, -0.1) is 0 Å². The highest BCUT2D eigenvalue weighted by molar-refractivity contribution is 7.47. The number of phosphoric acid groups is 2. The van der Waals surface area contributed by atoms with E-state index in [4.69, 9.17) is 37.0 Å². The number of aliphatic hydroxyl groups excluding tert-OH is 1. The van der Waals surface area contributed by atoms with E-state index in [1.165, 1.54) is 295 Å². The predicted molar refractivity (Wildman–Crippen MR) is 446 cm³/mol. The van der Waals surface area contributed by atoms with Crippen LogP contribution in [-0.4, -0.2) is 96.7 Å². The summed E-state index contributed by atoms with van der Waals surface area (Å²) in [6.45, 7) is 9.73. The Morgan fingerprint density at radius 3 is 0.630 bits per heavy atom. The molecular weight excluding hydrogens is 1400 g/mol. The fourth-order valence-electron chi connectivity index (χ4n) is 14.0. The number of hydrogen-bond acceptors (Lipinski definition) is 15. The van der Waals surface area contributed by atoms with Crippen molar-refractivity contribution in [3.05, 3.63) is 0 Å². The SMILES string of the molecule is CCCCCCCCCCCCCCCCCCCCCCCC(=O)O[C@H](COC(=O)CCCCCCCCCCCCCCCCCCC(C)C)COP(=O)(O)OC[C@@H](O)COP(=O)(O)OC[C@@H](COC(=O)CCCCCCCCCCCCCCC)OC(=O)CCCCCCCCCCCCCCC(C)C. The quantitative estimate of drug-likeness (QED) is 0.0222. The highest BCUT2D eigenvalue weighted by atomic mass is 31.2. The van der Waals surface area contributed by atoms with Gasteiger partial charge in [0.15, 0.2) is 12.2 Å². The number of hydrogen-bond donors (Lipinski definition) is 3. The van der Waals surface area contributed by atoms with E-state index in [1.807, 2.05) is 0 Å². The molecule has 0 aliphatic carbocycles. The van der Waals surface area contributed by atoms with Gasteiger partial charge in [0.1, 0.15) is 19.3 Å². The van der Waals surface area contributed by atoms with Gasteiger partial charge < -0.3 is 33.8 Å². The molecule has 642 valence electrons. The molecule has 0 rings (SSSR count). The first-order valence-corrected chi connectivity index (χ1v) is 49.0. The summed E-state index contributed by atoms with van der Waals surface area (Å²) in [6.07, 6.45) is 73.6. The Morgan fingerprint density at radius 1 is 0.250 bits per heavy atom. The average Bonchev–Trinajstić information content (AvgIpc) is 0.929. The molecule has 0 aromatic carbocycles. The van der Waals surface area contributed by atoms with E-state index < -0.39 is 97.5 Å². The molecule has 0 aromatic rings. The molecule has 0 fully saturated rings. The van der Waals surface area contributed by atoms with Crippen molar-refractivity contribution >= 4 is 39.5 Å². The summed E-state index contributed by atoms with van der Waals surface area (Å²) in [4.78, 5) is 73.4. The summed E-state index contributed by atoms with van der Waals surface area (Å²) in [5.74, 6) is -0.508. The minimum atomic E-state index is -4.97. The van der Waals surface area contributed by atoms with Gasteiger partial charge in [-0.05, 0) is 37.5 Å². The van der Waals surface area contributed by atoms with Crippen LogP contribution in [0.3, 0.4) is 0 Å². The third-order valence-electron chi connectivity index (χ3n) is 21.0. The number of aliphatic hydroxyl groups is 1. The highest BCUT2D eigenvalue weighted by Crippen LogP contribution is 2.45. The molecule has 0 aliphatic rings. The zero-order valence-electron chi connectivity index (χ0n) is 71.2. The second-order valence-corrected chi connectivity index (χ2v) is 35.8. The van der Waals surface area contributed by atoms with Crippen molar-refractivity contribution in [1.82, 2.24) is 0 Å². The molecule has 0 bridgehead atoms. The van der Waals surface area contributed by atoms with Crippen LogP contribution in [0.15, 0.2) is 0 Å². The summed E-state index contributed by atoms with van der Waals surface area (Å²) in [7, 11) is -9.93. The Hall–Kier alpha value is -1.94. The standard InChI is InChI=1S/C89H174O17P2/c1-7-9-11-13-15-17-19-21-22-23-24-25-26-27-32-36-43-49-55-61-67-73-88(93)105-84(78-100-87(92)72-66-60-54-48-42-35-31-29-28-30-34-39-45-51-57-63-69-81(3)4)79-103-107(95,96)101-75-83(90)76-102-108(97,98)104-80-85(77-99-86(91)71-65-59-53-47-41-33-20-18-16-14-12-10-8-2)106-89(94)74-68-62-56-50-44-38-37-40-46-52-58-64-70-82(5)6/h81-85,90H,7-80H2,1-6H3,(H,95,96)(H,97,98)/t83-,84-,85-/m1/s1. The second kappa shape index (κ2) is 80.3. The van der Waals surface area contributed by atoms with Gasteiger partial charge in [-0.2, -0.15) is 0 Å². The molecule has 0 radical (unpaired) electrons. The van der Waals surface area contributed by atoms with Crippen molar-refractivity contribution in [2.75, 3.05) is 39.6 Å². The molecule has 0 saturated carbocycles. The van der Waals surface area contributed by atoms with Gasteiger partial charge in [-0.1, -0.05) is 427 Å². The summed E-state index contributed by atoms with van der Waals surface area (Å²) in [5.41, 5.74) is 0. The van der Waals surface area contributed by atoms with Crippen LogP contribution in [0, 0.1) is 11.8 Å². The third kappa shape index (κ3) is 82.1. The van der Waals surface area contributed by atoms with Crippen LogP contribution < -0.4 is 0 Å². The molecule has 0 aromatic heterocycles. The van der Waals surface area contributed by atoms with E-state index in [9.17, 15) is 43.2 Å². The molecule has 17 nitrogen and oxygen atoms in total. The van der Waals surface area contributed by atoms with Gasteiger partial charge in [0, 0.05) is 25.7 Å². The van der Waals surface area contributed by atoms with Crippen molar-refractivity contribution in [3.63, 3.8) is 0 Å². The van der Waals surface area contributed by atoms with E-state index in [0.29, 0.717) is 25.7 Å². The van der Waals surface area contributed by atoms with Crippen molar-refractivity contribution in [1.29, 1.82) is 0 Å². The third-order valence-corrected chi connectivity index (χ3v) is 22.9. The number of ether oxygens (including phenoxy) is 4. The minimum Gasteiger partial charge on any atom is -0.462 e. The lowest BCUT2D eigenvalue weighted by Gasteiger charge is -2.21. The Labute approximate surface area is 664 Å². The maximum Gasteiger partial charge on any atom is 0.472 e. The first-order valence-electron chi connectivity index (χ1n) is 46.0. The topological polar surface area (TPSA) is 237 Å². The van der Waals surface area contributed by atoms with Gasteiger partial charge in [0.05, 0.1) is 26.4 Å². The van der Waals surface area contributed by atoms with Crippen LogP contribution in [0.5, 0.6) is 0 Å². The molecule has 108 heavy (non-hydrogen) atoms. The first-order chi connectivity index (χ1) is 52.4. The molecule has 0 spiro atoms. The van der Waals surface area contributed by atoms with Crippen molar-refractivity contribution in [2.24, 2.45) is 11.8 Å². The highest BCUT2D eigenvalue weighted by Gasteiger charge is 2.31. The molecule has 0 aliphatic heterocycles. The second-order valence-electron chi connectivity index (χ2n) is 32.9. The molecule has 5 atom stereocenters. The molecule has 0 amide bonds. The van der Waals surface area contributed by atoms with Gasteiger partial charge in [-0.3, -0.25) is 37.3 Å². The smallest absolute Gasteiger partial charge is 0.462 e. The Kier molecular flexibility index (Phi) is 78.8. The zero-order chi connectivity index (χ0) is 79.2. The van der Waals surface area contributed by atoms with E-state index in [1.54, 1.807) is 0 Å². The van der Waals surface area contributed by atoms with Crippen molar-refractivity contribution < 1.29 is 80.2 Å². The molecular formula is C89H174O17P2. The van der Waals surface area contributed by atoms with Crippen LogP contribution in [0.1, 0.15) is 478 Å². The molecule has 0 heterocycles. The first kappa shape index (κ1) is 106. The van der Waals surface area contributed by atoms with Gasteiger partial charge in [0.2, 0.25) is 0 Å². The van der Waals surface area contributed by atoms with Crippen LogP contribution in [-0.2, 0) is 65.4 Å². The number of carbonyl (C=O) groups is 4. The van der Waals surface area contributed by atoms with Crippen molar-refractivity contribution in [2.45, 2.75) is 496 Å². The number of phosphoric ester groups is 2. The number of esters is 4. The largest absolute Gasteiger partial charge is 0.472 e. The Balaban J connectivity index is 5.25. The van der Waals surface area contributed by atoms with Gasteiger partial charge >= 0.3 is 39.5 Å². The Morgan fingerprint density at radius 2 is 0.426 bits per heavy atom. The molecule has 19 heteroatoms. The maximum atomic E-state index is 13.2. The number of unbranched alkanes of at least 4 members (excludes halogenated alkanes) is 58.